The third-order valence-electron chi connectivity index (χ3n) is 4.31. The molecule has 1 aliphatic heterocycles. The van der Waals surface area contributed by atoms with Crippen molar-refractivity contribution in [2.24, 2.45) is 0 Å². The highest BCUT2D eigenvalue weighted by atomic mass is 32.2. The molecule has 1 aliphatic rings. The van der Waals surface area contributed by atoms with Crippen molar-refractivity contribution in [3.05, 3.63) is 35.4 Å². The maximum Gasteiger partial charge on any atom is 0.242 e. The molecular formula is C15H20F2N2O3S. The number of hydrogen-bond acceptors (Lipinski definition) is 4. The molecule has 1 saturated heterocycles. The van der Waals surface area contributed by atoms with E-state index in [1.807, 2.05) is 0 Å². The number of amides is 1. The van der Waals surface area contributed by atoms with Crippen LogP contribution in [0.2, 0.25) is 0 Å². The number of benzene rings is 1. The molecular weight excluding hydrogens is 326 g/mol. The molecule has 0 saturated carbocycles. The first kappa shape index (κ1) is 17.8. The quantitative estimate of drug-likeness (QED) is 0.862. The maximum atomic E-state index is 13.8. The van der Waals surface area contributed by atoms with Crippen molar-refractivity contribution in [3.63, 3.8) is 0 Å². The van der Waals surface area contributed by atoms with Crippen molar-refractivity contribution in [1.82, 2.24) is 10.6 Å². The first-order chi connectivity index (χ1) is 10.7. The normalized spacial score (nSPS) is 19.1. The zero-order valence-electron chi connectivity index (χ0n) is 13.0. The Kier molecular flexibility index (Phi) is 5.05. The molecule has 0 aliphatic carbocycles. The Morgan fingerprint density at radius 1 is 1.30 bits per heavy atom. The molecule has 128 valence electrons. The number of rotatable bonds is 4. The standard InChI is InChI=1S/C15H20F2N2O3S/c1-10(12-4-3-11(16)9-13(12)17)19-14(20)15(23(2,21)22)5-7-18-8-6-15/h3-4,9-10,18H,5-8H2,1-2H3,(H,19,20). The molecule has 1 atom stereocenters. The molecule has 1 unspecified atom stereocenters. The average Bonchev–Trinajstić information content (AvgIpc) is 2.46. The highest BCUT2D eigenvalue weighted by molar-refractivity contribution is 7.92. The van der Waals surface area contributed by atoms with Gasteiger partial charge in [0.1, 0.15) is 11.6 Å². The second-order valence-corrected chi connectivity index (χ2v) is 8.20. The minimum atomic E-state index is -3.64. The number of piperidine rings is 1. The van der Waals surface area contributed by atoms with Gasteiger partial charge in [0.25, 0.3) is 0 Å². The van der Waals surface area contributed by atoms with Crippen LogP contribution in [0.3, 0.4) is 0 Å². The lowest BCUT2D eigenvalue weighted by Crippen LogP contribution is -2.57. The van der Waals surface area contributed by atoms with E-state index in [-0.39, 0.29) is 18.4 Å². The van der Waals surface area contributed by atoms with Gasteiger partial charge >= 0.3 is 0 Å². The molecule has 1 fully saturated rings. The summed E-state index contributed by atoms with van der Waals surface area (Å²) in [6, 6.07) is 2.30. The fourth-order valence-electron chi connectivity index (χ4n) is 2.86. The van der Waals surface area contributed by atoms with Gasteiger partial charge in [-0.25, -0.2) is 17.2 Å². The second kappa shape index (κ2) is 6.52. The Bertz CT molecular complexity index is 701. The summed E-state index contributed by atoms with van der Waals surface area (Å²) in [7, 11) is -3.64. The molecule has 8 heteroatoms. The van der Waals surface area contributed by atoms with Gasteiger partial charge in [-0.05, 0) is 38.9 Å². The highest BCUT2D eigenvalue weighted by Gasteiger charge is 2.48. The summed E-state index contributed by atoms with van der Waals surface area (Å²) in [5.41, 5.74) is 0.109. The van der Waals surface area contributed by atoms with Crippen LogP contribution in [0.5, 0.6) is 0 Å². The molecule has 2 N–H and O–H groups in total. The first-order valence-corrected chi connectivity index (χ1v) is 9.23. The van der Waals surface area contributed by atoms with Crippen LogP contribution in [-0.4, -0.2) is 38.4 Å². The predicted octanol–water partition coefficient (Wildman–Crippen LogP) is 1.31. The van der Waals surface area contributed by atoms with Crippen molar-refractivity contribution in [2.75, 3.05) is 19.3 Å². The molecule has 1 aromatic rings. The van der Waals surface area contributed by atoms with Crippen LogP contribution in [0.25, 0.3) is 0 Å². The van der Waals surface area contributed by atoms with Crippen LogP contribution in [0, 0.1) is 11.6 Å². The van der Waals surface area contributed by atoms with Gasteiger partial charge in [0.2, 0.25) is 5.91 Å². The van der Waals surface area contributed by atoms with Crippen LogP contribution in [-0.2, 0) is 14.6 Å². The third-order valence-corrected chi connectivity index (χ3v) is 6.32. The van der Waals surface area contributed by atoms with Crippen molar-refractivity contribution in [1.29, 1.82) is 0 Å². The number of hydrogen-bond donors (Lipinski definition) is 2. The SMILES string of the molecule is CC(NC(=O)C1(S(C)(=O)=O)CCNCC1)c1ccc(F)cc1F. The largest absolute Gasteiger partial charge is 0.348 e. The molecule has 1 heterocycles. The number of halogens is 2. The monoisotopic (exact) mass is 346 g/mol. The van der Waals surface area contributed by atoms with Crippen LogP contribution in [0.15, 0.2) is 18.2 Å². The molecule has 1 aromatic carbocycles. The summed E-state index contributed by atoms with van der Waals surface area (Å²) in [5, 5.41) is 5.59. The molecule has 1 amide bonds. The molecule has 23 heavy (non-hydrogen) atoms. The van der Waals surface area contributed by atoms with Crippen molar-refractivity contribution in [3.8, 4) is 0 Å². The van der Waals surface area contributed by atoms with Crippen LogP contribution in [0.1, 0.15) is 31.4 Å². The van der Waals surface area contributed by atoms with Gasteiger partial charge in [0.15, 0.2) is 14.6 Å². The Balaban J connectivity index is 2.25. The maximum absolute atomic E-state index is 13.8. The average molecular weight is 346 g/mol. The number of carbonyl (C=O) groups excluding carboxylic acids is 1. The van der Waals surface area contributed by atoms with Gasteiger partial charge in [-0.2, -0.15) is 0 Å². The van der Waals surface area contributed by atoms with Gasteiger partial charge in [-0.15, -0.1) is 0 Å². The smallest absolute Gasteiger partial charge is 0.242 e. The molecule has 2 rings (SSSR count). The fraction of sp³-hybridized carbons (Fsp3) is 0.533. The second-order valence-electron chi connectivity index (χ2n) is 5.88. The van der Waals surface area contributed by atoms with Gasteiger partial charge < -0.3 is 10.6 Å². The van der Waals surface area contributed by atoms with E-state index < -0.39 is 38.2 Å². The fourth-order valence-corrected chi connectivity index (χ4v) is 4.20. The van der Waals surface area contributed by atoms with Gasteiger partial charge in [0, 0.05) is 17.9 Å². The Labute approximate surface area is 134 Å². The Morgan fingerprint density at radius 2 is 1.91 bits per heavy atom. The van der Waals surface area contributed by atoms with Crippen molar-refractivity contribution >= 4 is 15.7 Å². The Morgan fingerprint density at radius 3 is 2.43 bits per heavy atom. The molecule has 0 spiro atoms. The minimum absolute atomic E-state index is 0.109. The van der Waals surface area contributed by atoms with E-state index in [4.69, 9.17) is 0 Å². The number of sulfone groups is 1. The summed E-state index contributed by atoms with van der Waals surface area (Å²) in [6.07, 6.45) is 1.37. The third kappa shape index (κ3) is 3.53. The van der Waals surface area contributed by atoms with Crippen molar-refractivity contribution < 1.29 is 22.0 Å². The van der Waals surface area contributed by atoms with E-state index in [1.54, 1.807) is 0 Å². The molecule has 0 bridgehead atoms. The van der Waals surface area contributed by atoms with E-state index in [1.165, 1.54) is 13.0 Å². The summed E-state index contributed by atoms with van der Waals surface area (Å²) < 4.78 is 49.6. The lowest BCUT2D eigenvalue weighted by molar-refractivity contribution is -0.125. The van der Waals surface area contributed by atoms with Gasteiger partial charge in [-0.1, -0.05) is 6.07 Å². The molecule has 0 radical (unpaired) electrons. The van der Waals surface area contributed by atoms with Gasteiger partial charge in [-0.3, -0.25) is 4.79 Å². The van der Waals surface area contributed by atoms with E-state index in [9.17, 15) is 22.0 Å². The summed E-state index contributed by atoms with van der Waals surface area (Å²) >= 11 is 0. The zero-order valence-corrected chi connectivity index (χ0v) is 13.8. The van der Waals surface area contributed by atoms with Crippen LogP contribution in [0.4, 0.5) is 8.78 Å². The predicted molar refractivity (Wildman–Crippen MR) is 82.6 cm³/mol. The topological polar surface area (TPSA) is 75.3 Å². The summed E-state index contributed by atoms with van der Waals surface area (Å²) in [6.45, 7) is 2.37. The summed E-state index contributed by atoms with van der Waals surface area (Å²) in [4.78, 5) is 12.6. The van der Waals surface area contributed by atoms with E-state index in [0.29, 0.717) is 13.1 Å². The zero-order chi connectivity index (χ0) is 17.3. The van der Waals surface area contributed by atoms with E-state index in [0.717, 1.165) is 18.4 Å². The lowest BCUT2D eigenvalue weighted by atomic mass is 9.95. The number of carbonyl (C=O) groups is 1. The summed E-state index contributed by atoms with van der Waals surface area (Å²) in [5.74, 6) is -2.13. The van der Waals surface area contributed by atoms with Crippen LogP contribution < -0.4 is 10.6 Å². The Hall–Kier alpha value is -1.54. The van der Waals surface area contributed by atoms with E-state index >= 15 is 0 Å². The molecule has 5 nitrogen and oxygen atoms in total. The first-order valence-electron chi connectivity index (χ1n) is 7.33. The van der Waals surface area contributed by atoms with E-state index in [2.05, 4.69) is 10.6 Å². The minimum Gasteiger partial charge on any atom is -0.348 e. The number of nitrogens with one attached hydrogen (secondary N) is 2. The van der Waals surface area contributed by atoms with Gasteiger partial charge in [0.05, 0.1) is 6.04 Å². The van der Waals surface area contributed by atoms with Crippen molar-refractivity contribution in [2.45, 2.75) is 30.6 Å². The highest BCUT2D eigenvalue weighted by Crippen LogP contribution is 2.29. The molecule has 0 aromatic heterocycles. The van der Waals surface area contributed by atoms with Crippen LogP contribution >= 0.6 is 0 Å². The lowest BCUT2D eigenvalue weighted by Gasteiger charge is -2.35.